The van der Waals surface area contributed by atoms with E-state index in [1.54, 1.807) is 19.2 Å². The average Bonchev–Trinajstić information content (AvgIpc) is 2.64. The Labute approximate surface area is 188 Å². The summed E-state index contributed by atoms with van der Waals surface area (Å²) in [6, 6.07) is 5.26. The summed E-state index contributed by atoms with van der Waals surface area (Å²) < 4.78 is 42.4. The largest absolute Gasteiger partial charge is 0.484 e. The van der Waals surface area contributed by atoms with Gasteiger partial charge in [-0.05, 0) is 63.9 Å². The maximum Gasteiger partial charge on any atom is 0.422 e. The smallest absolute Gasteiger partial charge is 0.422 e. The number of nitrogens with zero attached hydrogens (tertiary/aromatic N) is 2. The van der Waals surface area contributed by atoms with Crippen LogP contribution in [0.4, 0.5) is 13.2 Å². The van der Waals surface area contributed by atoms with Crippen LogP contribution >= 0.6 is 24.0 Å². The molecule has 5 nitrogen and oxygen atoms in total. The summed E-state index contributed by atoms with van der Waals surface area (Å²) in [5.41, 5.74) is 1.51. The summed E-state index contributed by atoms with van der Waals surface area (Å²) in [7, 11) is 3.83. The van der Waals surface area contributed by atoms with Crippen molar-refractivity contribution in [2.75, 3.05) is 40.3 Å². The van der Waals surface area contributed by atoms with E-state index in [4.69, 9.17) is 4.74 Å². The van der Waals surface area contributed by atoms with Crippen LogP contribution in [-0.2, 0) is 6.54 Å². The van der Waals surface area contributed by atoms with Crippen molar-refractivity contribution in [1.82, 2.24) is 15.5 Å². The number of hydrogen-bond acceptors (Lipinski definition) is 3. The SMILES string of the molecule is CN=C(NCCC1CCN(C)CC1)NCc1ccc(C)cc1OCC(F)(F)F.I. The molecule has 9 heteroatoms. The van der Waals surface area contributed by atoms with Crippen molar-refractivity contribution >= 4 is 29.9 Å². The third kappa shape index (κ3) is 9.88. The van der Waals surface area contributed by atoms with Gasteiger partial charge in [0.15, 0.2) is 12.6 Å². The van der Waals surface area contributed by atoms with Gasteiger partial charge in [-0.15, -0.1) is 24.0 Å². The number of halogens is 4. The second kappa shape index (κ2) is 12.5. The van der Waals surface area contributed by atoms with Gasteiger partial charge in [-0.2, -0.15) is 13.2 Å². The van der Waals surface area contributed by atoms with Gasteiger partial charge in [0.1, 0.15) is 5.75 Å². The summed E-state index contributed by atoms with van der Waals surface area (Å²) in [6.45, 7) is 3.96. The Morgan fingerprint density at radius 3 is 2.55 bits per heavy atom. The molecule has 0 unspecified atom stereocenters. The van der Waals surface area contributed by atoms with Crippen LogP contribution in [0.15, 0.2) is 23.2 Å². The summed E-state index contributed by atoms with van der Waals surface area (Å²) >= 11 is 0. The number of aliphatic imine (C=N–C) groups is 1. The van der Waals surface area contributed by atoms with Crippen molar-refractivity contribution < 1.29 is 17.9 Å². The molecule has 2 N–H and O–H groups in total. The zero-order valence-electron chi connectivity index (χ0n) is 17.3. The second-order valence-electron chi connectivity index (χ2n) is 7.40. The van der Waals surface area contributed by atoms with Gasteiger partial charge in [0, 0.05) is 25.7 Å². The van der Waals surface area contributed by atoms with E-state index in [1.807, 2.05) is 13.0 Å². The summed E-state index contributed by atoms with van der Waals surface area (Å²) in [5, 5.41) is 6.45. The molecule has 1 saturated heterocycles. The van der Waals surface area contributed by atoms with Gasteiger partial charge < -0.3 is 20.3 Å². The third-order valence-corrected chi connectivity index (χ3v) is 4.97. The van der Waals surface area contributed by atoms with Crippen molar-refractivity contribution in [2.24, 2.45) is 10.9 Å². The summed E-state index contributed by atoms with van der Waals surface area (Å²) in [5.74, 6) is 1.60. The standard InChI is InChI=1S/C20H31F3N4O.HI/c1-15-4-5-17(18(12-15)28-14-20(21,22)23)13-26-19(24-2)25-9-6-16-7-10-27(3)11-8-16;/h4-5,12,16H,6-11,13-14H2,1-3H3,(H2,24,25,26);1H. The molecule has 0 amide bonds. The van der Waals surface area contributed by atoms with E-state index in [-0.39, 0.29) is 29.7 Å². The normalized spacial score (nSPS) is 16.3. The number of guanidine groups is 1. The molecule has 1 aromatic carbocycles. The molecule has 1 heterocycles. The fourth-order valence-corrected chi connectivity index (χ4v) is 3.25. The van der Waals surface area contributed by atoms with Gasteiger partial charge in [0.2, 0.25) is 0 Å². The Kier molecular flexibility index (Phi) is 11.1. The van der Waals surface area contributed by atoms with Gasteiger partial charge in [-0.1, -0.05) is 12.1 Å². The minimum absolute atomic E-state index is 0. The molecule has 1 fully saturated rings. The van der Waals surface area contributed by atoms with Crippen LogP contribution in [0, 0.1) is 12.8 Å². The zero-order valence-corrected chi connectivity index (χ0v) is 19.6. The van der Waals surface area contributed by atoms with Crippen LogP contribution in [-0.4, -0.2) is 57.4 Å². The number of benzene rings is 1. The highest BCUT2D eigenvalue weighted by atomic mass is 127. The monoisotopic (exact) mass is 528 g/mol. The van der Waals surface area contributed by atoms with Crippen LogP contribution in [0.25, 0.3) is 0 Å². The number of piperidine rings is 1. The van der Waals surface area contributed by atoms with Crippen LogP contribution in [0.1, 0.15) is 30.4 Å². The third-order valence-electron chi connectivity index (χ3n) is 4.97. The van der Waals surface area contributed by atoms with Crippen molar-refractivity contribution in [3.63, 3.8) is 0 Å². The molecule has 0 bridgehead atoms. The molecule has 2 rings (SSSR count). The highest BCUT2D eigenvalue weighted by Gasteiger charge is 2.28. The Hall–Kier alpha value is -1.23. The molecule has 166 valence electrons. The predicted octanol–water partition coefficient (Wildman–Crippen LogP) is 3.95. The van der Waals surface area contributed by atoms with E-state index >= 15 is 0 Å². The molecule has 0 aromatic heterocycles. The quantitative estimate of drug-likeness (QED) is 0.320. The zero-order chi connectivity index (χ0) is 20.6. The van der Waals surface area contributed by atoms with Gasteiger partial charge in [-0.3, -0.25) is 4.99 Å². The first-order valence-electron chi connectivity index (χ1n) is 9.69. The molecular formula is C20H32F3IN4O. The van der Waals surface area contributed by atoms with E-state index in [2.05, 4.69) is 27.6 Å². The number of nitrogens with one attached hydrogen (secondary N) is 2. The first-order valence-corrected chi connectivity index (χ1v) is 9.69. The van der Waals surface area contributed by atoms with Gasteiger partial charge in [0.05, 0.1) is 0 Å². The van der Waals surface area contributed by atoms with Crippen LogP contribution in [0.2, 0.25) is 0 Å². The van der Waals surface area contributed by atoms with Crippen LogP contribution in [0.5, 0.6) is 5.75 Å². The maximum absolute atomic E-state index is 12.5. The summed E-state index contributed by atoms with van der Waals surface area (Å²) in [4.78, 5) is 6.55. The molecule has 1 aromatic rings. The lowest BCUT2D eigenvalue weighted by Gasteiger charge is -2.29. The molecular weight excluding hydrogens is 496 g/mol. The molecule has 0 spiro atoms. The molecule has 1 aliphatic heterocycles. The van der Waals surface area contributed by atoms with E-state index < -0.39 is 12.8 Å². The van der Waals surface area contributed by atoms with E-state index in [9.17, 15) is 13.2 Å². The van der Waals surface area contributed by atoms with E-state index in [1.165, 1.54) is 12.8 Å². The molecule has 0 radical (unpaired) electrons. The van der Waals surface area contributed by atoms with Crippen molar-refractivity contribution in [3.8, 4) is 5.75 Å². The predicted molar refractivity (Wildman–Crippen MR) is 121 cm³/mol. The van der Waals surface area contributed by atoms with Crippen molar-refractivity contribution in [1.29, 1.82) is 0 Å². The molecule has 0 saturated carbocycles. The highest BCUT2D eigenvalue weighted by molar-refractivity contribution is 14.0. The molecule has 1 aliphatic rings. The topological polar surface area (TPSA) is 48.9 Å². The fraction of sp³-hybridized carbons (Fsp3) is 0.650. The first-order chi connectivity index (χ1) is 13.3. The minimum atomic E-state index is -4.36. The number of alkyl halides is 3. The second-order valence-corrected chi connectivity index (χ2v) is 7.40. The first kappa shape index (κ1) is 25.8. The van der Waals surface area contributed by atoms with Gasteiger partial charge in [0.25, 0.3) is 0 Å². The lowest BCUT2D eigenvalue weighted by molar-refractivity contribution is -0.153. The van der Waals surface area contributed by atoms with Gasteiger partial charge >= 0.3 is 6.18 Å². The van der Waals surface area contributed by atoms with Crippen LogP contribution < -0.4 is 15.4 Å². The molecule has 0 aliphatic carbocycles. The van der Waals surface area contributed by atoms with E-state index in [0.717, 1.165) is 37.5 Å². The Bertz CT molecular complexity index is 647. The lowest BCUT2D eigenvalue weighted by Crippen LogP contribution is -2.38. The Morgan fingerprint density at radius 1 is 1.24 bits per heavy atom. The highest BCUT2D eigenvalue weighted by Crippen LogP contribution is 2.24. The van der Waals surface area contributed by atoms with E-state index in [0.29, 0.717) is 18.1 Å². The number of rotatable bonds is 7. The number of ether oxygens (including phenoxy) is 1. The average molecular weight is 528 g/mol. The van der Waals surface area contributed by atoms with Crippen molar-refractivity contribution in [2.45, 2.75) is 38.9 Å². The van der Waals surface area contributed by atoms with Gasteiger partial charge in [-0.25, -0.2) is 0 Å². The molecule has 29 heavy (non-hydrogen) atoms. The van der Waals surface area contributed by atoms with Crippen molar-refractivity contribution in [3.05, 3.63) is 29.3 Å². The number of hydrogen-bond donors (Lipinski definition) is 2. The van der Waals surface area contributed by atoms with Crippen LogP contribution in [0.3, 0.4) is 0 Å². The molecule has 0 atom stereocenters. The minimum Gasteiger partial charge on any atom is -0.484 e. The number of likely N-dealkylation sites (tertiary alicyclic amines) is 1. The fourth-order valence-electron chi connectivity index (χ4n) is 3.25. The summed E-state index contributed by atoms with van der Waals surface area (Å²) in [6.07, 6.45) is -0.847. The lowest BCUT2D eigenvalue weighted by atomic mass is 9.94. The maximum atomic E-state index is 12.5. The Morgan fingerprint density at radius 2 is 1.93 bits per heavy atom. The Balaban J connectivity index is 0.00000420. The number of aryl methyl sites for hydroxylation is 1.